The average molecular weight is 374 g/mol. The Morgan fingerprint density at radius 1 is 1.15 bits per heavy atom. The van der Waals surface area contributed by atoms with E-state index in [9.17, 15) is 14.9 Å². The molecule has 1 aliphatic heterocycles. The first-order valence-corrected chi connectivity index (χ1v) is 8.99. The zero-order valence-corrected chi connectivity index (χ0v) is 15.2. The van der Waals surface area contributed by atoms with Crippen LogP contribution in [-0.4, -0.2) is 42.2 Å². The van der Waals surface area contributed by atoms with E-state index in [0.29, 0.717) is 23.6 Å². The molecule has 3 rings (SSSR count). The molecular weight excluding hydrogens is 356 g/mol. The number of nitro groups is 1. The van der Waals surface area contributed by atoms with E-state index in [4.69, 9.17) is 9.47 Å². The molecule has 1 amide bonds. The number of nitro benzene ring substituents is 1. The van der Waals surface area contributed by atoms with Crippen molar-refractivity contribution < 1.29 is 19.2 Å². The second-order valence-electron chi connectivity index (χ2n) is 5.64. The summed E-state index contributed by atoms with van der Waals surface area (Å²) in [6, 6.07) is 11.3. The average Bonchev–Trinajstić information content (AvgIpc) is 3.16. The van der Waals surface area contributed by atoms with Crippen LogP contribution in [0.1, 0.15) is 21.3 Å². The number of benzene rings is 2. The van der Waals surface area contributed by atoms with Crippen LogP contribution >= 0.6 is 11.8 Å². The summed E-state index contributed by atoms with van der Waals surface area (Å²) in [4.78, 5) is 24.9. The predicted octanol–water partition coefficient (Wildman–Crippen LogP) is 3.50. The minimum Gasteiger partial charge on any atom is -0.493 e. The van der Waals surface area contributed by atoms with Crippen molar-refractivity contribution in [2.24, 2.45) is 0 Å². The molecule has 1 fully saturated rings. The van der Waals surface area contributed by atoms with Gasteiger partial charge in [-0.15, -0.1) is 11.8 Å². The summed E-state index contributed by atoms with van der Waals surface area (Å²) < 4.78 is 10.6. The molecular formula is C18H18N2O5S. The van der Waals surface area contributed by atoms with Crippen LogP contribution in [0.25, 0.3) is 0 Å². The number of ether oxygens (including phenoxy) is 2. The highest BCUT2D eigenvalue weighted by atomic mass is 32.2. The van der Waals surface area contributed by atoms with E-state index in [1.165, 1.54) is 24.3 Å². The molecule has 1 heterocycles. The molecule has 0 radical (unpaired) electrons. The molecule has 26 heavy (non-hydrogen) atoms. The van der Waals surface area contributed by atoms with Crippen molar-refractivity contribution in [3.63, 3.8) is 0 Å². The number of rotatable bonds is 5. The first-order chi connectivity index (χ1) is 12.5. The zero-order valence-electron chi connectivity index (χ0n) is 14.4. The van der Waals surface area contributed by atoms with Crippen molar-refractivity contribution in [2.45, 2.75) is 5.37 Å². The van der Waals surface area contributed by atoms with Crippen LogP contribution in [0.3, 0.4) is 0 Å². The van der Waals surface area contributed by atoms with Crippen LogP contribution < -0.4 is 9.47 Å². The fourth-order valence-corrected chi connectivity index (χ4v) is 4.10. The number of amides is 1. The number of nitrogens with zero attached hydrogens (tertiary/aromatic N) is 2. The molecule has 2 aromatic rings. The number of hydrogen-bond acceptors (Lipinski definition) is 6. The van der Waals surface area contributed by atoms with E-state index in [1.807, 2.05) is 18.2 Å². The zero-order chi connectivity index (χ0) is 18.7. The van der Waals surface area contributed by atoms with E-state index in [2.05, 4.69) is 0 Å². The van der Waals surface area contributed by atoms with Crippen LogP contribution in [0.4, 0.5) is 5.69 Å². The van der Waals surface area contributed by atoms with Gasteiger partial charge in [-0.1, -0.05) is 6.07 Å². The van der Waals surface area contributed by atoms with Gasteiger partial charge in [-0.2, -0.15) is 0 Å². The lowest BCUT2D eigenvalue weighted by molar-refractivity contribution is -0.384. The van der Waals surface area contributed by atoms with Gasteiger partial charge in [-0.3, -0.25) is 14.9 Å². The molecule has 1 atom stereocenters. The Kier molecular flexibility index (Phi) is 5.32. The number of hydrogen-bond donors (Lipinski definition) is 0. The lowest BCUT2D eigenvalue weighted by atomic mass is 10.1. The molecule has 0 spiro atoms. The summed E-state index contributed by atoms with van der Waals surface area (Å²) in [5, 5.41) is 10.6. The third-order valence-electron chi connectivity index (χ3n) is 4.17. The summed E-state index contributed by atoms with van der Waals surface area (Å²) in [5.41, 5.74) is 1.35. The van der Waals surface area contributed by atoms with E-state index in [0.717, 1.165) is 11.3 Å². The Morgan fingerprint density at radius 3 is 2.46 bits per heavy atom. The Balaban J connectivity index is 1.85. The van der Waals surface area contributed by atoms with Gasteiger partial charge in [0.05, 0.1) is 19.1 Å². The molecule has 8 heteroatoms. The van der Waals surface area contributed by atoms with Crippen LogP contribution in [0, 0.1) is 10.1 Å². The van der Waals surface area contributed by atoms with E-state index < -0.39 is 4.92 Å². The Morgan fingerprint density at radius 2 is 1.85 bits per heavy atom. The quantitative estimate of drug-likeness (QED) is 0.588. The smallest absolute Gasteiger partial charge is 0.269 e. The lowest BCUT2D eigenvalue weighted by Gasteiger charge is -2.25. The standard InChI is InChI=1S/C18H18N2O5S/c1-24-15-8-5-13(11-16(15)25-2)18-19(9-10-26-18)17(21)12-3-6-14(7-4-12)20(22)23/h3-8,11,18H,9-10H2,1-2H3/t18-/m0/s1. The molecule has 0 bridgehead atoms. The molecule has 1 aliphatic rings. The van der Waals surface area contributed by atoms with Gasteiger partial charge in [0.2, 0.25) is 0 Å². The predicted molar refractivity (Wildman–Crippen MR) is 98.9 cm³/mol. The van der Waals surface area contributed by atoms with Gasteiger partial charge in [0.1, 0.15) is 5.37 Å². The van der Waals surface area contributed by atoms with Crippen molar-refractivity contribution in [3.05, 3.63) is 63.7 Å². The molecule has 7 nitrogen and oxygen atoms in total. The maximum atomic E-state index is 12.9. The van der Waals surface area contributed by atoms with Crippen molar-refractivity contribution in [2.75, 3.05) is 26.5 Å². The maximum Gasteiger partial charge on any atom is 0.269 e. The fraction of sp³-hybridized carbons (Fsp3) is 0.278. The van der Waals surface area contributed by atoms with Crippen molar-refractivity contribution in [1.82, 2.24) is 4.90 Å². The van der Waals surface area contributed by atoms with Gasteiger partial charge in [-0.05, 0) is 29.8 Å². The fourth-order valence-electron chi connectivity index (χ4n) is 2.85. The SMILES string of the molecule is COc1ccc([C@@H]2SCCN2C(=O)c2ccc([N+](=O)[O-])cc2)cc1OC. The van der Waals surface area contributed by atoms with Crippen molar-refractivity contribution >= 4 is 23.4 Å². The maximum absolute atomic E-state index is 12.9. The number of carbonyl (C=O) groups excluding carboxylic acids is 1. The molecule has 0 aromatic heterocycles. The summed E-state index contributed by atoms with van der Waals surface area (Å²) >= 11 is 1.67. The van der Waals surface area contributed by atoms with Gasteiger partial charge in [0.25, 0.3) is 11.6 Å². The highest BCUT2D eigenvalue weighted by Crippen LogP contribution is 2.41. The summed E-state index contributed by atoms with van der Waals surface area (Å²) in [6.45, 7) is 0.611. The molecule has 136 valence electrons. The van der Waals surface area contributed by atoms with Crippen LogP contribution in [0.5, 0.6) is 11.5 Å². The molecule has 0 saturated carbocycles. The monoisotopic (exact) mass is 374 g/mol. The summed E-state index contributed by atoms with van der Waals surface area (Å²) in [7, 11) is 3.15. The van der Waals surface area contributed by atoms with Gasteiger partial charge >= 0.3 is 0 Å². The molecule has 0 N–H and O–H groups in total. The Labute approximate surface area is 155 Å². The Bertz CT molecular complexity index is 825. The normalized spacial score (nSPS) is 16.4. The van der Waals surface area contributed by atoms with Gasteiger partial charge in [-0.25, -0.2) is 0 Å². The number of thioether (sulfide) groups is 1. The third kappa shape index (κ3) is 3.45. The number of methoxy groups -OCH3 is 2. The highest BCUT2D eigenvalue weighted by Gasteiger charge is 2.32. The summed E-state index contributed by atoms with van der Waals surface area (Å²) in [5.74, 6) is 1.91. The minimum atomic E-state index is -0.480. The second-order valence-corrected chi connectivity index (χ2v) is 6.83. The number of carbonyl (C=O) groups is 1. The van der Waals surface area contributed by atoms with E-state index in [1.54, 1.807) is 30.9 Å². The van der Waals surface area contributed by atoms with Gasteiger partial charge in [0.15, 0.2) is 11.5 Å². The third-order valence-corrected chi connectivity index (χ3v) is 5.43. The van der Waals surface area contributed by atoms with Gasteiger partial charge < -0.3 is 14.4 Å². The van der Waals surface area contributed by atoms with E-state index in [-0.39, 0.29) is 17.0 Å². The first-order valence-electron chi connectivity index (χ1n) is 7.94. The second kappa shape index (κ2) is 7.65. The lowest BCUT2D eigenvalue weighted by Crippen LogP contribution is -2.30. The molecule has 1 saturated heterocycles. The van der Waals surface area contributed by atoms with Crippen molar-refractivity contribution in [3.8, 4) is 11.5 Å². The molecule has 2 aromatic carbocycles. The largest absolute Gasteiger partial charge is 0.493 e. The van der Waals surface area contributed by atoms with Crippen LogP contribution in [-0.2, 0) is 0 Å². The van der Waals surface area contributed by atoms with Crippen molar-refractivity contribution in [1.29, 1.82) is 0 Å². The minimum absolute atomic E-state index is 0.0335. The molecule has 0 aliphatic carbocycles. The first kappa shape index (κ1) is 18.1. The van der Waals surface area contributed by atoms with Crippen LogP contribution in [0.2, 0.25) is 0 Å². The molecule has 0 unspecified atom stereocenters. The number of non-ortho nitro benzene ring substituents is 1. The van der Waals surface area contributed by atoms with Crippen LogP contribution in [0.15, 0.2) is 42.5 Å². The highest BCUT2D eigenvalue weighted by molar-refractivity contribution is 7.99. The van der Waals surface area contributed by atoms with Gasteiger partial charge in [0, 0.05) is 30.0 Å². The summed E-state index contributed by atoms with van der Waals surface area (Å²) in [6.07, 6.45) is 0. The Hall–Kier alpha value is -2.74. The topological polar surface area (TPSA) is 81.9 Å². The van der Waals surface area contributed by atoms with E-state index >= 15 is 0 Å².